The maximum Gasteiger partial charge on any atom is 0.240 e. The molecule has 0 saturated heterocycles. The third-order valence-corrected chi connectivity index (χ3v) is 1.95. The highest BCUT2D eigenvalue weighted by molar-refractivity contribution is 5.88. The lowest BCUT2D eigenvalue weighted by atomic mass is 10.1. The maximum absolute atomic E-state index is 13.2. The number of primary amides is 2. The van der Waals surface area contributed by atoms with Crippen LogP contribution in [0, 0.1) is 5.82 Å². The van der Waals surface area contributed by atoms with Gasteiger partial charge in [-0.2, -0.15) is 0 Å². The highest BCUT2D eigenvalue weighted by Gasteiger charge is 2.18. The number of carbonyl (C=O) groups excluding carboxylic acids is 2. The third-order valence-electron chi connectivity index (χ3n) is 1.95. The molecule has 5 nitrogen and oxygen atoms in total. The van der Waals surface area contributed by atoms with E-state index >= 15 is 0 Å². The van der Waals surface area contributed by atoms with Crippen LogP contribution in [0.3, 0.4) is 0 Å². The first-order valence-electron chi connectivity index (χ1n) is 4.59. The Kier molecular flexibility index (Phi) is 3.82. The van der Waals surface area contributed by atoms with Gasteiger partial charge in [0.15, 0.2) is 0 Å². The molecule has 0 radical (unpaired) electrons. The first-order chi connectivity index (χ1) is 7.50. The van der Waals surface area contributed by atoms with E-state index in [1.165, 1.54) is 18.2 Å². The molecule has 1 unspecified atom stereocenters. The monoisotopic (exact) mass is 225 g/mol. The number of rotatable bonds is 5. The van der Waals surface area contributed by atoms with E-state index in [1.807, 2.05) is 0 Å². The van der Waals surface area contributed by atoms with Crippen LogP contribution in [-0.2, 0) is 9.59 Å². The normalized spacial score (nSPS) is 11.8. The fourth-order valence-corrected chi connectivity index (χ4v) is 1.19. The van der Waals surface area contributed by atoms with Gasteiger partial charge in [0.25, 0.3) is 0 Å². The zero-order valence-corrected chi connectivity index (χ0v) is 8.44. The molecule has 0 spiro atoms. The summed E-state index contributed by atoms with van der Waals surface area (Å²) in [4.78, 5) is 21.7. The van der Waals surface area contributed by atoms with Gasteiger partial charge >= 0.3 is 0 Å². The van der Waals surface area contributed by atoms with E-state index in [0.717, 1.165) is 0 Å². The van der Waals surface area contributed by atoms with Crippen LogP contribution in [0.2, 0.25) is 0 Å². The maximum atomic E-state index is 13.2. The minimum absolute atomic E-state index is 0.104. The van der Waals surface area contributed by atoms with Crippen LogP contribution in [0.4, 0.5) is 10.1 Å². The largest absolute Gasteiger partial charge is 0.371 e. The van der Waals surface area contributed by atoms with Crippen molar-refractivity contribution in [2.75, 3.05) is 5.32 Å². The van der Waals surface area contributed by atoms with Crippen LogP contribution in [0.15, 0.2) is 24.3 Å². The number of halogens is 1. The summed E-state index contributed by atoms with van der Waals surface area (Å²) in [5, 5.41) is 2.53. The van der Waals surface area contributed by atoms with Gasteiger partial charge in [0.05, 0.1) is 12.1 Å². The van der Waals surface area contributed by atoms with Gasteiger partial charge in [-0.3, -0.25) is 9.59 Å². The van der Waals surface area contributed by atoms with Crippen molar-refractivity contribution < 1.29 is 14.0 Å². The molecule has 1 rings (SSSR count). The van der Waals surface area contributed by atoms with Crippen molar-refractivity contribution in [2.45, 2.75) is 12.5 Å². The van der Waals surface area contributed by atoms with Gasteiger partial charge in [-0.15, -0.1) is 0 Å². The molecule has 1 atom stereocenters. The van der Waals surface area contributed by atoms with Crippen LogP contribution in [0.5, 0.6) is 0 Å². The summed E-state index contributed by atoms with van der Waals surface area (Å²) in [6, 6.07) is 4.76. The molecule has 0 fully saturated rings. The molecule has 0 bridgehead atoms. The van der Waals surface area contributed by atoms with E-state index in [1.54, 1.807) is 6.07 Å². The number of nitrogens with two attached hydrogens (primary N) is 2. The molecule has 1 aromatic carbocycles. The smallest absolute Gasteiger partial charge is 0.240 e. The lowest BCUT2D eigenvalue weighted by Gasteiger charge is -2.15. The van der Waals surface area contributed by atoms with Crippen molar-refractivity contribution in [3.63, 3.8) is 0 Å². The molecule has 0 aliphatic rings. The lowest BCUT2D eigenvalue weighted by Crippen LogP contribution is -2.39. The molecular formula is C10H12FN3O2. The summed E-state index contributed by atoms with van der Waals surface area (Å²) in [6.07, 6.45) is -0.274. The SMILES string of the molecule is NC(=O)CC(Nc1ccccc1F)C(N)=O. The van der Waals surface area contributed by atoms with Gasteiger partial charge in [0.1, 0.15) is 11.9 Å². The summed E-state index contributed by atoms with van der Waals surface area (Å²) in [5.74, 6) is -1.98. The number of para-hydroxylation sites is 1. The molecule has 0 aliphatic heterocycles. The number of carbonyl (C=O) groups is 2. The van der Waals surface area contributed by atoms with Crippen molar-refractivity contribution in [3.8, 4) is 0 Å². The molecule has 16 heavy (non-hydrogen) atoms. The van der Waals surface area contributed by atoms with Crippen LogP contribution >= 0.6 is 0 Å². The van der Waals surface area contributed by atoms with E-state index in [0.29, 0.717) is 0 Å². The zero-order chi connectivity index (χ0) is 12.1. The minimum Gasteiger partial charge on any atom is -0.371 e. The van der Waals surface area contributed by atoms with Crippen molar-refractivity contribution in [1.29, 1.82) is 0 Å². The summed E-state index contributed by atoms with van der Waals surface area (Å²) >= 11 is 0. The van der Waals surface area contributed by atoms with Crippen molar-refractivity contribution in [1.82, 2.24) is 0 Å². The highest BCUT2D eigenvalue weighted by Crippen LogP contribution is 2.14. The molecule has 0 aromatic heterocycles. The topological polar surface area (TPSA) is 98.2 Å². The second-order valence-corrected chi connectivity index (χ2v) is 3.25. The number of benzene rings is 1. The second-order valence-electron chi connectivity index (χ2n) is 3.25. The quantitative estimate of drug-likeness (QED) is 0.656. The minimum atomic E-state index is -1.01. The Morgan fingerprint density at radius 1 is 1.31 bits per heavy atom. The average Bonchev–Trinajstić information content (AvgIpc) is 2.19. The van der Waals surface area contributed by atoms with Gasteiger partial charge in [-0.05, 0) is 12.1 Å². The van der Waals surface area contributed by atoms with E-state index in [4.69, 9.17) is 11.5 Å². The predicted molar refractivity (Wildman–Crippen MR) is 56.8 cm³/mol. The molecular weight excluding hydrogens is 213 g/mol. The van der Waals surface area contributed by atoms with Gasteiger partial charge in [0.2, 0.25) is 11.8 Å². The Morgan fingerprint density at radius 2 is 1.94 bits per heavy atom. The molecule has 5 N–H and O–H groups in total. The molecule has 86 valence electrons. The fraction of sp³-hybridized carbons (Fsp3) is 0.200. The Morgan fingerprint density at radius 3 is 2.44 bits per heavy atom. The third kappa shape index (κ3) is 3.23. The fourth-order valence-electron chi connectivity index (χ4n) is 1.19. The molecule has 0 aliphatic carbocycles. The number of hydrogen-bond acceptors (Lipinski definition) is 3. The number of hydrogen-bond donors (Lipinski definition) is 3. The molecule has 6 heteroatoms. The van der Waals surface area contributed by atoms with Gasteiger partial charge < -0.3 is 16.8 Å². The first kappa shape index (κ1) is 12.0. The van der Waals surface area contributed by atoms with E-state index in [-0.39, 0.29) is 12.1 Å². The Bertz CT molecular complexity index is 409. The summed E-state index contributed by atoms with van der Waals surface area (Å²) in [7, 11) is 0. The van der Waals surface area contributed by atoms with Gasteiger partial charge in [-0.1, -0.05) is 12.1 Å². The summed E-state index contributed by atoms with van der Waals surface area (Å²) < 4.78 is 13.2. The number of nitrogens with one attached hydrogen (secondary N) is 1. The zero-order valence-electron chi connectivity index (χ0n) is 8.44. The average molecular weight is 225 g/mol. The first-order valence-corrected chi connectivity index (χ1v) is 4.59. The molecule has 0 heterocycles. The van der Waals surface area contributed by atoms with Crippen LogP contribution in [-0.4, -0.2) is 17.9 Å². The van der Waals surface area contributed by atoms with E-state index in [2.05, 4.69) is 5.32 Å². The molecule has 2 amide bonds. The van der Waals surface area contributed by atoms with Crippen molar-refractivity contribution in [3.05, 3.63) is 30.1 Å². The number of anilines is 1. The van der Waals surface area contributed by atoms with E-state index < -0.39 is 23.7 Å². The predicted octanol–water partition coefficient (Wildman–Crippen LogP) is -0.0331. The molecule has 0 saturated carbocycles. The Balaban J connectivity index is 2.80. The van der Waals surface area contributed by atoms with Crippen LogP contribution in [0.1, 0.15) is 6.42 Å². The van der Waals surface area contributed by atoms with Gasteiger partial charge in [0, 0.05) is 0 Å². The standard InChI is InChI=1S/C10H12FN3O2/c11-6-3-1-2-4-7(6)14-8(10(13)16)5-9(12)15/h1-4,8,14H,5H2,(H2,12,15)(H2,13,16). The van der Waals surface area contributed by atoms with Crippen molar-refractivity contribution >= 4 is 17.5 Å². The summed E-state index contributed by atoms with van der Waals surface area (Å²) in [6.45, 7) is 0. The van der Waals surface area contributed by atoms with E-state index in [9.17, 15) is 14.0 Å². The Labute approximate surface area is 91.6 Å². The van der Waals surface area contributed by atoms with Crippen molar-refractivity contribution in [2.24, 2.45) is 11.5 Å². The molecule has 1 aromatic rings. The van der Waals surface area contributed by atoms with Gasteiger partial charge in [-0.25, -0.2) is 4.39 Å². The Hall–Kier alpha value is -2.11. The summed E-state index contributed by atoms with van der Waals surface area (Å²) in [5.41, 5.74) is 10.1. The lowest BCUT2D eigenvalue weighted by molar-refractivity contribution is -0.123. The highest BCUT2D eigenvalue weighted by atomic mass is 19.1. The second kappa shape index (κ2) is 5.11. The van der Waals surface area contributed by atoms with Crippen LogP contribution in [0.25, 0.3) is 0 Å². The van der Waals surface area contributed by atoms with Crippen LogP contribution < -0.4 is 16.8 Å². The number of amides is 2.